The van der Waals surface area contributed by atoms with E-state index in [0.29, 0.717) is 10.2 Å². The van der Waals surface area contributed by atoms with Crippen molar-refractivity contribution in [3.8, 4) is 0 Å². The van der Waals surface area contributed by atoms with Crippen molar-refractivity contribution in [2.45, 2.75) is 26.3 Å². The highest BCUT2D eigenvalue weighted by molar-refractivity contribution is 6.00. The van der Waals surface area contributed by atoms with Crippen LogP contribution >= 0.6 is 0 Å². The maximum atomic E-state index is 13.0. The summed E-state index contributed by atoms with van der Waals surface area (Å²) in [6, 6.07) is 8.19. The zero-order valence-electron chi connectivity index (χ0n) is 16.0. The normalized spacial score (nSPS) is 12.3. The molecule has 3 N–H and O–H groups in total. The molecule has 0 radical (unpaired) electrons. The van der Waals surface area contributed by atoms with Gasteiger partial charge in [-0.1, -0.05) is 30.3 Å². The first kappa shape index (κ1) is 20.7. The Morgan fingerprint density at radius 2 is 1.82 bits per heavy atom. The lowest BCUT2D eigenvalue weighted by Crippen LogP contribution is -2.47. The second kappa shape index (κ2) is 7.99. The van der Waals surface area contributed by atoms with Crippen LogP contribution in [-0.2, 0) is 16.6 Å². The van der Waals surface area contributed by atoms with Crippen LogP contribution in [0.15, 0.2) is 45.6 Å². The average Bonchev–Trinajstić information content (AvgIpc) is 2.91. The van der Waals surface area contributed by atoms with Crippen LogP contribution in [0.3, 0.4) is 0 Å². The molecule has 0 bridgehead atoms. The maximum Gasteiger partial charge on any atom is 0.354 e. The summed E-state index contributed by atoms with van der Waals surface area (Å²) in [5.74, 6) is -1.92. The van der Waals surface area contributed by atoms with Crippen LogP contribution in [0.4, 0.5) is 0 Å². The molecule has 10 nitrogen and oxygen atoms in total. The zero-order chi connectivity index (χ0) is 21.1. The Morgan fingerprint density at radius 1 is 1.21 bits per heavy atom. The van der Waals surface area contributed by atoms with Gasteiger partial charge in [-0.3, -0.25) is 9.59 Å². The van der Waals surface area contributed by atoms with E-state index in [1.54, 1.807) is 44.2 Å². The number of rotatable bonds is 6. The molecule has 0 aliphatic carbocycles. The first-order chi connectivity index (χ1) is 13.0. The molecular formula is C18H22N4O6. The van der Waals surface area contributed by atoms with Gasteiger partial charge in [-0.05, 0) is 13.8 Å². The fourth-order valence-corrected chi connectivity index (χ4v) is 2.32. The van der Waals surface area contributed by atoms with Crippen molar-refractivity contribution < 1.29 is 19.4 Å². The van der Waals surface area contributed by atoms with Crippen LogP contribution in [0.1, 0.15) is 31.1 Å². The fourth-order valence-electron chi connectivity index (χ4n) is 2.32. The van der Waals surface area contributed by atoms with Crippen LogP contribution in [0.25, 0.3) is 5.76 Å². The molecule has 1 aromatic heterocycles. The Morgan fingerprint density at radius 3 is 2.32 bits per heavy atom. The van der Waals surface area contributed by atoms with Crippen LogP contribution in [0.2, 0.25) is 0 Å². The van der Waals surface area contributed by atoms with E-state index in [0.717, 1.165) is 4.57 Å². The van der Waals surface area contributed by atoms with E-state index in [-0.39, 0.29) is 12.3 Å². The molecule has 0 atom stereocenters. The van der Waals surface area contributed by atoms with Gasteiger partial charge >= 0.3 is 23.3 Å². The number of allylic oxidation sites excluding steroid dienone is 1. The zero-order valence-corrected chi connectivity index (χ0v) is 16.0. The molecule has 0 aliphatic rings. The van der Waals surface area contributed by atoms with Gasteiger partial charge in [0, 0.05) is 19.5 Å². The topological polar surface area (TPSA) is 135 Å². The van der Waals surface area contributed by atoms with Crippen molar-refractivity contribution in [1.29, 1.82) is 0 Å². The van der Waals surface area contributed by atoms with Crippen molar-refractivity contribution >= 4 is 17.6 Å². The van der Waals surface area contributed by atoms with Gasteiger partial charge in [0.1, 0.15) is 12.3 Å². The second-order valence-electron chi connectivity index (χ2n) is 6.78. The number of nitrogens with zero attached hydrogens (tertiary/aromatic N) is 2. The highest BCUT2D eigenvalue weighted by atomic mass is 16.5. The maximum absolute atomic E-state index is 13.0. The standard InChI is InChI=1S/C18H22N4O6/c1-11(23)28-10-18(2,3)19-13(14(24)12-8-6-5-7-9-12)15(25)22-17(27)21(4)16(26)20-22/h5-9,19,24H,10H2,1-4H3,(H,20,26)/b14-13-. The summed E-state index contributed by atoms with van der Waals surface area (Å²) in [4.78, 5) is 47.9. The molecule has 0 fully saturated rings. The first-order valence-corrected chi connectivity index (χ1v) is 8.36. The van der Waals surface area contributed by atoms with E-state index in [1.165, 1.54) is 14.0 Å². The summed E-state index contributed by atoms with van der Waals surface area (Å²) in [6.45, 7) is 4.41. The summed E-state index contributed by atoms with van der Waals surface area (Å²) < 4.78 is 6.19. The van der Waals surface area contributed by atoms with Crippen molar-refractivity contribution in [1.82, 2.24) is 19.7 Å². The number of hydrogen-bond donors (Lipinski definition) is 3. The molecule has 2 aromatic rings. The summed E-state index contributed by atoms with van der Waals surface area (Å²) in [7, 11) is 1.21. The Balaban J connectivity index is 2.55. The Kier molecular flexibility index (Phi) is 5.92. The molecule has 0 aliphatic heterocycles. The summed E-state index contributed by atoms with van der Waals surface area (Å²) in [5.41, 5.74) is -2.68. The predicted molar refractivity (Wildman–Crippen MR) is 101 cm³/mol. The Labute approximate surface area is 160 Å². The summed E-state index contributed by atoms with van der Waals surface area (Å²) in [6.07, 6.45) is 0. The third-order valence-electron chi connectivity index (χ3n) is 3.79. The molecule has 1 aromatic carbocycles. The second-order valence-corrected chi connectivity index (χ2v) is 6.78. The molecule has 28 heavy (non-hydrogen) atoms. The summed E-state index contributed by atoms with van der Waals surface area (Å²) >= 11 is 0. The number of H-pyrrole nitrogens is 1. The molecule has 0 saturated heterocycles. The van der Waals surface area contributed by atoms with Gasteiger partial charge in [0.25, 0.3) is 0 Å². The highest BCUT2D eigenvalue weighted by Gasteiger charge is 2.29. The minimum Gasteiger partial charge on any atom is -0.505 e. The highest BCUT2D eigenvalue weighted by Crippen LogP contribution is 2.18. The predicted octanol–water partition coefficient (Wildman–Crippen LogP) is 0.373. The molecule has 0 amide bonds. The quantitative estimate of drug-likeness (QED) is 0.368. The van der Waals surface area contributed by atoms with E-state index in [4.69, 9.17) is 4.74 Å². The fraction of sp³-hybridized carbons (Fsp3) is 0.333. The van der Waals surface area contributed by atoms with Gasteiger partial charge in [0.05, 0.1) is 5.54 Å². The lowest BCUT2D eigenvalue weighted by atomic mass is 10.0. The van der Waals surface area contributed by atoms with Gasteiger partial charge in [-0.25, -0.2) is 19.3 Å². The number of ether oxygens (including phenoxy) is 1. The number of benzene rings is 1. The minimum absolute atomic E-state index is 0.110. The van der Waals surface area contributed by atoms with Crippen molar-refractivity contribution in [2.75, 3.05) is 6.61 Å². The summed E-state index contributed by atoms with van der Waals surface area (Å²) in [5, 5.41) is 15.6. The van der Waals surface area contributed by atoms with Crippen molar-refractivity contribution in [3.63, 3.8) is 0 Å². The van der Waals surface area contributed by atoms with Gasteiger partial charge in [-0.2, -0.15) is 4.68 Å². The van der Waals surface area contributed by atoms with Crippen LogP contribution in [-0.4, -0.2) is 43.5 Å². The molecule has 0 spiro atoms. The number of aliphatic hydroxyl groups is 1. The third kappa shape index (κ3) is 4.58. The van der Waals surface area contributed by atoms with E-state index in [1.807, 2.05) is 0 Å². The van der Waals surface area contributed by atoms with E-state index in [2.05, 4.69) is 10.4 Å². The first-order valence-electron chi connectivity index (χ1n) is 8.36. The van der Waals surface area contributed by atoms with Gasteiger partial charge in [0.15, 0.2) is 5.76 Å². The average molecular weight is 390 g/mol. The monoisotopic (exact) mass is 390 g/mol. The number of aliphatic hydroxyl groups excluding tert-OH is 1. The SMILES string of the molecule is CC(=O)OCC(C)(C)N/C(C(=O)n1[nH]c(=O)n(C)c1=O)=C(\O)c1ccccc1. The molecule has 10 heteroatoms. The smallest absolute Gasteiger partial charge is 0.354 e. The van der Waals surface area contributed by atoms with Crippen LogP contribution < -0.4 is 16.7 Å². The number of aromatic amines is 1. The van der Waals surface area contributed by atoms with Gasteiger partial charge in [-0.15, -0.1) is 0 Å². The number of aromatic nitrogens is 3. The Hall–Kier alpha value is -3.56. The van der Waals surface area contributed by atoms with Crippen LogP contribution in [0.5, 0.6) is 0 Å². The van der Waals surface area contributed by atoms with E-state index >= 15 is 0 Å². The van der Waals surface area contributed by atoms with Crippen molar-refractivity contribution in [3.05, 3.63) is 62.6 Å². The molecule has 2 rings (SSSR count). The largest absolute Gasteiger partial charge is 0.505 e. The lowest BCUT2D eigenvalue weighted by Gasteiger charge is -2.28. The number of esters is 1. The van der Waals surface area contributed by atoms with Crippen LogP contribution in [0, 0.1) is 0 Å². The van der Waals surface area contributed by atoms with E-state index in [9.17, 15) is 24.3 Å². The number of carbonyl (C=O) groups is 2. The van der Waals surface area contributed by atoms with Crippen molar-refractivity contribution in [2.24, 2.45) is 7.05 Å². The lowest BCUT2D eigenvalue weighted by molar-refractivity contribution is -0.142. The van der Waals surface area contributed by atoms with Gasteiger partial charge < -0.3 is 15.2 Å². The molecule has 0 unspecified atom stereocenters. The van der Waals surface area contributed by atoms with Gasteiger partial charge in [0.2, 0.25) is 0 Å². The molecule has 150 valence electrons. The number of hydrogen-bond acceptors (Lipinski definition) is 7. The third-order valence-corrected chi connectivity index (χ3v) is 3.79. The molecular weight excluding hydrogens is 368 g/mol. The minimum atomic E-state index is -0.974. The number of carbonyl (C=O) groups excluding carboxylic acids is 2. The number of nitrogens with one attached hydrogen (secondary N) is 2. The van der Waals surface area contributed by atoms with E-state index < -0.39 is 34.6 Å². The molecule has 1 heterocycles. The molecule has 0 saturated carbocycles. The Bertz CT molecular complexity index is 1030.